The molecule has 0 aliphatic heterocycles. The van der Waals surface area contributed by atoms with E-state index in [1.165, 1.54) is 16.3 Å². The van der Waals surface area contributed by atoms with Crippen molar-refractivity contribution >= 4 is 29.2 Å². The zero-order valence-electron chi connectivity index (χ0n) is 17.7. The van der Waals surface area contributed by atoms with E-state index in [9.17, 15) is 9.59 Å². The Morgan fingerprint density at radius 3 is 2.50 bits per heavy atom. The maximum Gasteiger partial charge on any atom is 0.297 e. The van der Waals surface area contributed by atoms with Crippen LogP contribution < -0.4 is 26.1 Å². The monoisotopic (exact) mass is 453 g/mol. The van der Waals surface area contributed by atoms with Gasteiger partial charge in [-0.1, -0.05) is 23.9 Å². The van der Waals surface area contributed by atoms with E-state index in [1.54, 1.807) is 44.6 Å². The van der Waals surface area contributed by atoms with Gasteiger partial charge in [0.15, 0.2) is 16.7 Å². The molecule has 0 bridgehead atoms. The molecular weight excluding hydrogens is 430 g/mol. The Hall–Kier alpha value is -3.79. The number of anilines is 2. The number of amides is 1. The fraction of sp³-hybridized carbons (Fsp3) is 0.182. The standard InChI is InChI=1S/C22H23N5O4S/c1-4-11-27-21(29)20(24-16-8-6-15(7-9-16)19(23)28)25-26-22(27)32-13-14-5-10-17(30-2)18(12-14)31-3/h4-10,12H,1,11,13H2,2-3H3,(H2,23,28)(H,24,25). The third-order valence-corrected chi connectivity index (χ3v) is 5.51. The number of carbonyl (C=O) groups is 1. The average molecular weight is 454 g/mol. The highest BCUT2D eigenvalue weighted by Gasteiger charge is 2.13. The lowest BCUT2D eigenvalue weighted by atomic mass is 10.2. The van der Waals surface area contributed by atoms with Crippen LogP contribution in [-0.4, -0.2) is 34.9 Å². The zero-order chi connectivity index (χ0) is 23.1. The Morgan fingerprint density at radius 1 is 1.16 bits per heavy atom. The number of nitrogens with zero attached hydrogens (tertiary/aromatic N) is 3. The van der Waals surface area contributed by atoms with Gasteiger partial charge in [0.25, 0.3) is 5.56 Å². The van der Waals surface area contributed by atoms with Crippen molar-refractivity contribution in [3.05, 3.63) is 76.6 Å². The predicted octanol–water partition coefficient (Wildman–Crippen LogP) is 2.98. The van der Waals surface area contributed by atoms with Crippen molar-refractivity contribution in [1.29, 1.82) is 0 Å². The lowest BCUT2D eigenvalue weighted by Gasteiger charge is -2.12. The van der Waals surface area contributed by atoms with Crippen LogP contribution in [0.4, 0.5) is 11.5 Å². The molecule has 1 aromatic heterocycles. The van der Waals surface area contributed by atoms with Gasteiger partial charge in [0.1, 0.15) is 0 Å². The Balaban J connectivity index is 1.81. The molecule has 0 radical (unpaired) electrons. The fourth-order valence-electron chi connectivity index (χ4n) is 2.85. The van der Waals surface area contributed by atoms with Crippen molar-refractivity contribution in [3.63, 3.8) is 0 Å². The molecule has 0 unspecified atom stereocenters. The number of primary amides is 1. The molecule has 0 atom stereocenters. The van der Waals surface area contributed by atoms with Crippen LogP contribution in [-0.2, 0) is 12.3 Å². The number of carbonyl (C=O) groups excluding carboxylic acids is 1. The van der Waals surface area contributed by atoms with Gasteiger partial charge in [0, 0.05) is 23.5 Å². The predicted molar refractivity (Wildman–Crippen MR) is 124 cm³/mol. The quantitative estimate of drug-likeness (QED) is 0.355. The number of ether oxygens (including phenoxy) is 2. The molecule has 0 aliphatic rings. The smallest absolute Gasteiger partial charge is 0.297 e. The van der Waals surface area contributed by atoms with Gasteiger partial charge in [-0.3, -0.25) is 14.2 Å². The van der Waals surface area contributed by atoms with Gasteiger partial charge in [0.05, 0.1) is 14.2 Å². The summed E-state index contributed by atoms with van der Waals surface area (Å²) < 4.78 is 12.1. The molecule has 0 saturated carbocycles. The molecule has 10 heteroatoms. The van der Waals surface area contributed by atoms with Crippen molar-refractivity contribution in [2.75, 3.05) is 19.5 Å². The summed E-state index contributed by atoms with van der Waals surface area (Å²) in [7, 11) is 3.16. The first-order valence-electron chi connectivity index (χ1n) is 9.55. The van der Waals surface area contributed by atoms with Gasteiger partial charge >= 0.3 is 0 Å². The molecule has 9 nitrogen and oxygen atoms in total. The SMILES string of the molecule is C=CCn1c(SCc2ccc(OC)c(OC)c2)nnc(Nc2ccc(C(N)=O)cc2)c1=O. The van der Waals surface area contributed by atoms with Crippen LogP contribution in [0.25, 0.3) is 0 Å². The molecule has 3 rings (SSSR count). The minimum Gasteiger partial charge on any atom is -0.493 e. The van der Waals surface area contributed by atoms with Crippen LogP contribution in [0.2, 0.25) is 0 Å². The largest absolute Gasteiger partial charge is 0.493 e. The summed E-state index contributed by atoms with van der Waals surface area (Å²) >= 11 is 1.37. The van der Waals surface area contributed by atoms with E-state index in [4.69, 9.17) is 15.2 Å². The molecule has 3 N–H and O–H groups in total. The number of allylic oxidation sites excluding steroid dienone is 1. The second-order valence-electron chi connectivity index (χ2n) is 6.58. The van der Waals surface area contributed by atoms with Gasteiger partial charge in [-0.2, -0.15) is 0 Å². The van der Waals surface area contributed by atoms with Crippen LogP contribution >= 0.6 is 11.8 Å². The summed E-state index contributed by atoms with van der Waals surface area (Å²) in [6, 6.07) is 12.0. The zero-order valence-corrected chi connectivity index (χ0v) is 18.5. The van der Waals surface area contributed by atoms with E-state index in [0.29, 0.717) is 33.7 Å². The van der Waals surface area contributed by atoms with Crippen molar-refractivity contribution in [2.24, 2.45) is 5.73 Å². The van der Waals surface area contributed by atoms with Crippen LogP contribution in [0.5, 0.6) is 11.5 Å². The number of thioether (sulfide) groups is 1. The van der Waals surface area contributed by atoms with Gasteiger partial charge in [0.2, 0.25) is 11.7 Å². The van der Waals surface area contributed by atoms with Crippen LogP contribution in [0.15, 0.2) is 65.1 Å². The molecule has 32 heavy (non-hydrogen) atoms. The van der Waals surface area contributed by atoms with E-state index in [0.717, 1.165) is 5.56 Å². The van der Waals surface area contributed by atoms with Crippen LogP contribution in [0, 0.1) is 0 Å². The first-order chi connectivity index (χ1) is 15.5. The lowest BCUT2D eigenvalue weighted by Crippen LogP contribution is -2.26. The van der Waals surface area contributed by atoms with Gasteiger partial charge in [-0.15, -0.1) is 16.8 Å². The van der Waals surface area contributed by atoms with Crippen molar-refractivity contribution in [3.8, 4) is 11.5 Å². The lowest BCUT2D eigenvalue weighted by molar-refractivity contribution is 0.100. The van der Waals surface area contributed by atoms with E-state index < -0.39 is 5.91 Å². The highest BCUT2D eigenvalue weighted by Crippen LogP contribution is 2.30. The Bertz CT molecular complexity index is 1180. The number of aromatic nitrogens is 3. The van der Waals surface area contributed by atoms with Crippen LogP contribution in [0.3, 0.4) is 0 Å². The second-order valence-corrected chi connectivity index (χ2v) is 7.52. The third-order valence-electron chi connectivity index (χ3n) is 4.47. The van der Waals surface area contributed by atoms with E-state index in [2.05, 4.69) is 22.1 Å². The summed E-state index contributed by atoms with van der Waals surface area (Å²) in [5.41, 5.74) is 6.84. The first kappa shape index (κ1) is 22.9. The van der Waals surface area contributed by atoms with Gasteiger partial charge in [-0.25, -0.2) is 0 Å². The highest BCUT2D eigenvalue weighted by molar-refractivity contribution is 7.98. The maximum atomic E-state index is 13.0. The Morgan fingerprint density at radius 2 is 1.88 bits per heavy atom. The molecule has 0 saturated heterocycles. The molecule has 0 spiro atoms. The third kappa shape index (κ3) is 5.27. The summed E-state index contributed by atoms with van der Waals surface area (Å²) in [5.74, 6) is 1.35. The van der Waals surface area contributed by atoms with Crippen molar-refractivity contribution < 1.29 is 14.3 Å². The molecule has 2 aromatic carbocycles. The molecule has 3 aromatic rings. The number of methoxy groups -OCH3 is 2. The molecule has 0 fully saturated rings. The second kappa shape index (κ2) is 10.5. The maximum absolute atomic E-state index is 13.0. The average Bonchev–Trinajstić information content (AvgIpc) is 2.81. The summed E-state index contributed by atoms with van der Waals surface area (Å²) in [4.78, 5) is 24.2. The van der Waals surface area contributed by atoms with Gasteiger partial charge < -0.3 is 20.5 Å². The minimum atomic E-state index is -0.527. The highest BCUT2D eigenvalue weighted by atomic mass is 32.2. The molecule has 166 valence electrons. The fourth-order valence-corrected chi connectivity index (χ4v) is 3.74. The molecule has 1 heterocycles. The molecule has 1 amide bonds. The van der Waals surface area contributed by atoms with E-state index >= 15 is 0 Å². The summed E-state index contributed by atoms with van der Waals surface area (Å²) in [6.45, 7) is 4.00. The number of nitrogens with two attached hydrogens (primary N) is 1. The van der Waals surface area contributed by atoms with Gasteiger partial charge in [-0.05, 0) is 42.0 Å². The Labute approximate surface area is 189 Å². The number of nitrogens with one attached hydrogen (secondary N) is 1. The first-order valence-corrected chi connectivity index (χ1v) is 10.5. The number of benzene rings is 2. The van der Waals surface area contributed by atoms with E-state index in [-0.39, 0.29) is 17.9 Å². The van der Waals surface area contributed by atoms with Crippen LogP contribution in [0.1, 0.15) is 15.9 Å². The summed E-state index contributed by atoms with van der Waals surface area (Å²) in [5, 5.41) is 11.7. The van der Waals surface area contributed by atoms with Crippen molar-refractivity contribution in [1.82, 2.24) is 14.8 Å². The van der Waals surface area contributed by atoms with Crippen molar-refractivity contribution in [2.45, 2.75) is 17.5 Å². The Kier molecular flexibility index (Phi) is 7.50. The molecular formula is C22H23N5O4S. The van der Waals surface area contributed by atoms with E-state index in [1.807, 2.05) is 18.2 Å². The topological polar surface area (TPSA) is 121 Å². The number of rotatable bonds is 10. The normalized spacial score (nSPS) is 10.4. The molecule has 0 aliphatic carbocycles. The minimum absolute atomic E-state index is 0.0640. The number of hydrogen-bond acceptors (Lipinski definition) is 8. The summed E-state index contributed by atoms with van der Waals surface area (Å²) in [6.07, 6.45) is 1.62. The number of hydrogen-bond donors (Lipinski definition) is 2.